The van der Waals surface area contributed by atoms with Crippen LogP contribution in [-0.2, 0) is 0 Å². The number of aryl methyl sites for hydroxylation is 1. The molecular weight excluding hydrogens is 424 g/mol. The lowest BCUT2D eigenvalue weighted by molar-refractivity contribution is 0.0994. The largest absolute Gasteiger partial charge is 0.490 e. The number of rotatable bonds is 10. The van der Waals surface area contributed by atoms with Gasteiger partial charge in [-0.25, -0.2) is 0 Å². The van der Waals surface area contributed by atoms with Crippen molar-refractivity contribution in [3.8, 4) is 17.2 Å². The van der Waals surface area contributed by atoms with Gasteiger partial charge < -0.3 is 29.3 Å². The Morgan fingerprint density at radius 1 is 0.848 bits per heavy atom. The summed E-state index contributed by atoms with van der Waals surface area (Å²) in [6, 6.07) is 11.7. The number of anilines is 2. The fraction of sp³-hybridized carbons (Fsp3) is 0.280. The summed E-state index contributed by atoms with van der Waals surface area (Å²) in [6.07, 6.45) is 1.44. The minimum Gasteiger partial charge on any atom is -0.490 e. The number of benzene rings is 2. The molecule has 0 unspecified atom stereocenters. The van der Waals surface area contributed by atoms with E-state index in [-0.39, 0.29) is 17.6 Å². The second kappa shape index (κ2) is 11.1. The van der Waals surface area contributed by atoms with Gasteiger partial charge in [-0.3, -0.25) is 9.59 Å². The normalized spacial score (nSPS) is 10.4. The van der Waals surface area contributed by atoms with E-state index < -0.39 is 0 Å². The molecule has 2 amide bonds. The number of nitrogens with one attached hydrogen (secondary N) is 2. The van der Waals surface area contributed by atoms with Gasteiger partial charge in [0, 0.05) is 16.9 Å². The zero-order valence-electron chi connectivity index (χ0n) is 19.2. The van der Waals surface area contributed by atoms with E-state index in [0.29, 0.717) is 54.0 Å². The van der Waals surface area contributed by atoms with Gasteiger partial charge >= 0.3 is 0 Å². The molecule has 0 radical (unpaired) electrons. The second-order valence-corrected chi connectivity index (χ2v) is 7.02. The lowest BCUT2D eigenvalue weighted by Crippen LogP contribution is -2.14. The van der Waals surface area contributed by atoms with Gasteiger partial charge in [-0.05, 0) is 75.7 Å². The standard InChI is InChI=1S/C25H28N2O6/c1-5-30-21-14-17(15-22(31-6-2)23(21)32-7-3)24(28)26-18-10-11-19(16(4)13-18)27-25(29)20-9-8-12-33-20/h8-15H,5-7H2,1-4H3,(H,26,28)(H,27,29). The second-order valence-electron chi connectivity index (χ2n) is 7.02. The Morgan fingerprint density at radius 3 is 2.06 bits per heavy atom. The Bertz CT molecular complexity index is 1080. The van der Waals surface area contributed by atoms with E-state index in [1.54, 1.807) is 42.5 Å². The maximum atomic E-state index is 13.0. The summed E-state index contributed by atoms with van der Waals surface area (Å²) in [5, 5.41) is 5.67. The number of ether oxygens (including phenoxy) is 3. The van der Waals surface area contributed by atoms with Crippen LogP contribution in [0, 0.1) is 6.92 Å². The Kier molecular flexibility index (Phi) is 7.96. The zero-order valence-corrected chi connectivity index (χ0v) is 19.2. The van der Waals surface area contributed by atoms with Crippen LogP contribution in [0.2, 0.25) is 0 Å². The molecule has 1 aromatic heterocycles. The molecule has 0 aliphatic rings. The molecule has 0 spiro atoms. The molecular formula is C25H28N2O6. The fourth-order valence-electron chi connectivity index (χ4n) is 3.20. The first kappa shape index (κ1) is 23.7. The highest BCUT2D eigenvalue weighted by Crippen LogP contribution is 2.39. The molecule has 0 aliphatic carbocycles. The van der Waals surface area contributed by atoms with Crippen molar-refractivity contribution in [1.29, 1.82) is 0 Å². The smallest absolute Gasteiger partial charge is 0.291 e. The van der Waals surface area contributed by atoms with Crippen molar-refractivity contribution in [2.45, 2.75) is 27.7 Å². The molecule has 3 rings (SSSR count). The minimum atomic E-state index is -0.346. The number of furan rings is 1. The molecule has 0 saturated heterocycles. The van der Waals surface area contributed by atoms with Crippen molar-refractivity contribution in [3.63, 3.8) is 0 Å². The molecule has 2 N–H and O–H groups in total. The summed E-state index contributed by atoms with van der Waals surface area (Å²) < 4.78 is 22.2. The number of carbonyl (C=O) groups is 2. The van der Waals surface area contributed by atoms with E-state index in [1.165, 1.54) is 6.26 Å². The molecule has 2 aromatic carbocycles. The van der Waals surface area contributed by atoms with Crippen LogP contribution >= 0.6 is 0 Å². The first-order valence-electron chi connectivity index (χ1n) is 10.8. The SMILES string of the molecule is CCOc1cc(C(=O)Nc2ccc(NC(=O)c3ccco3)c(C)c2)cc(OCC)c1OCC. The molecule has 0 bridgehead atoms. The van der Waals surface area contributed by atoms with Crippen molar-refractivity contribution in [2.24, 2.45) is 0 Å². The maximum absolute atomic E-state index is 13.0. The minimum absolute atomic E-state index is 0.220. The third-order valence-corrected chi connectivity index (χ3v) is 4.65. The lowest BCUT2D eigenvalue weighted by Gasteiger charge is -2.17. The Labute approximate surface area is 192 Å². The summed E-state index contributed by atoms with van der Waals surface area (Å²) in [4.78, 5) is 25.2. The molecule has 0 atom stereocenters. The summed E-state index contributed by atoms with van der Waals surface area (Å²) >= 11 is 0. The third kappa shape index (κ3) is 5.85. The lowest BCUT2D eigenvalue weighted by atomic mass is 10.1. The van der Waals surface area contributed by atoms with Crippen molar-refractivity contribution < 1.29 is 28.2 Å². The van der Waals surface area contributed by atoms with Gasteiger partial charge in [0.1, 0.15) is 0 Å². The summed E-state index contributed by atoms with van der Waals surface area (Å²) in [6.45, 7) is 8.70. The summed E-state index contributed by atoms with van der Waals surface area (Å²) in [5.74, 6) is 0.917. The van der Waals surface area contributed by atoms with Crippen molar-refractivity contribution in [2.75, 3.05) is 30.5 Å². The number of hydrogen-bond donors (Lipinski definition) is 2. The van der Waals surface area contributed by atoms with Gasteiger partial charge in [0.2, 0.25) is 5.75 Å². The third-order valence-electron chi connectivity index (χ3n) is 4.65. The van der Waals surface area contributed by atoms with Gasteiger partial charge in [0.25, 0.3) is 11.8 Å². The van der Waals surface area contributed by atoms with Crippen LogP contribution in [0.5, 0.6) is 17.2 Å². The van der Waals surface area contributed by atoms with E-state index in [1.807, 2.05) is 27.7 Å². The van der Waals surface area contributed by atoms with Gasteiger partial charge in [-0.2, -0.15) is 0 Å². The number of hydrogen-bond acceptors (Lipinski definition) is 6. The van der Waals surface area contributed by atoms with Crippen LogP contribution in [-0.4, -0.2) is 31.6 Å². The van der Waals surface area contributed by atoms with E-state index in [9.17, 15) is 9.59 Å². The van der Waals surface area contributed by atoms with Gasteiger partial charge in [-0.1, -0.05) is 0 Å². The van der Waals surface area contributed by atoms with E-state index in [0.717, 1.165) is 5.56 Å². The number of amides is 2. The molecule has 174 valence electrons. The highest BCUT2D eigenvalue weighted by atomic mass is 16.5. The monoisotopic (exact) mass is 452 g/mol. The van der Waals surface area contributed by atoms with Crippen LogP contribution in [0.4, 0.5) is 11.4 Å². The van der Waals surface area contributed by atoms with E-state index in [4.69, 9.17) is 18.6 Å². The summed E-state index contributed by atoms with van der Waals surface area (Å²) in [7, 11) is 0. The first-order chi connectivity index (χ1) is 16.0. The van der Waals surface area contributed by atoms with Crippen molar-refractivity contribution in [1.82, 2.24) is 0 Å². The van der Waals surface area contributed by atoms with Crippen molar-refractivity contribution in [3.05, 3.63) is 65.6 Å². The average Bonchev–Trinajstić information content (AvgIpc) is 3.33. The Morgan fingerprint density at radius 2 is 1.52 bits per heavy atom. The topological polar surface area (TPSA) is 99.0 Å². The quantitative estimate of drug-likeness (QED) is 0.434. The van der Waals surface area contributed by atoms with Crippen LogP contribution in [0.15, 0.2) is 53.1 Å². The van der Waals surface area contributed by atoms with E-state index in [2.05, 4.69) is 10.6 Å². The van der Waals surface area contributed by atoms with Crippen LogP contribution in [0.3, 0.4) is 0 Å². The van der Waals surface area contributed by atoms with Crippen molar-refractivity contribution >= 4 is 23.2 Å². The molecule has 1 heterocycles. The summed E-state index contributed by atoms with van der Waals surface area (Å²) in [5.41, 5.74) is 2.36. The molecule has 8 heteroatoms. The fourth-order valence-corrected chi connectivity index (χ4v) is 3.20. The molecule has 0 aliphatic heterocycles. The van der Waals surface area contributed by atoms with Crippen LogP contribution < -0.4 is 24.8 Å². The Balaban J connectivity index is 1.80. The van der Waals surface area contributed by atoms with Crippen LogP contribution in [0.25, 0.3) is 0 Å². The van der Waals surface area contributed by atoms with Gasteiger partial charge in [-0.15, -0.1) is 0 Å². The molecule has 0 saturated carbocycles. The zero-order chi connectivity index (χ0) is 23.8. The molecule has 3 aromatic rings. The predicted octanol–water partition coefficient (Wildman–Crippen LogP) is 5.29. The molecule has 8 nitrogen and oxygen atoms in total. The average molecular weight is 453 g/mol. The van der Waals surface area contributed by atoms with E-state index >= 15 is 0 Å². The highest BCUT2D eigenvalue weighted by molar-refractivity contribution is 6.06. The molecule has 0 fully saturated rings. The first-order valence-corrected chi connectivity index (χ1v) is 10.8. The molecule has 33 heavy (non-hydrogen) atoms. The predicted molar refractivity (Wildman–Crippen MR) is 126 cm³/mol. The van der Waals surface area contributed by atoms with Crippen LogP contribution in [0.1, 0.15) is 47.2 Å². The van der Waals surface area contributed by atoms with Gasteiger partial charge in [0.05, 0.1) is 26.1 Å². The highest BCUT2D eigenvalue weighted by Gasteiger charge is 2.19. The number of carbonyl (C=O) groups excluding carboxylic acids is 2. The maximum Gasteiger partial charge on any atom is 0.291 e. The Hall–Kier alpha value is -3.94. The van der Waals surface area contributed by atoms with Gasteiger partial charge in [0.15, 0.2) is 17.3 Å².